The molecular formula is C8H15NO3S. The Morgan fingerprint density at radius 1 is 1.46 bits per heavy atom. The summed E-state index contributed by atoms with van der Waals surface area (Å²) in [7, 11) is 1.51. The van der Waals surface area contributed by atoms with Crippen molar-refractivity contribution in [2.24, 2.45) is 0 Å². The third-order valence-electron chi connectivity index (χ3n) is 1.34. The van der Waals surface area contributed by atoms with Crippen LogP contribution in [0.15, 0.2) is 0 Å². The SMILES string of the molecule is CNC(=O)C(CC(=O)O)SC(C)C. The zero-order chi connectivity index (χ0) is 10.4. The number of carbonyl (C=O) groups excluding carboxylic acids is 1. The summed E-state index contributed by atoms with van der Waals surface area (Å²) in [4.78, 5) is 21.6. The van der Waals surface area contributed by atoms with Gasteiger partial charge in [-0.2, -0.15) is 0 Å². The van der Waals surface area contributed by atoms with Gasteiger partial charge in [0, 0.05) is 7.05 Å². The highest BCUT2D eigenvalue weighted by Gasteiger charge is 2.21. The van der Waals surface area contributed by atoms with Gasteiger partial charge in [0.1, 0.15) is 0 Å². The van der Waals surface area contributed by atoms with Gasteiger partial charge in [-0.25, -0.2) is 0 Å². The fourth-order valence-electron chi connectivity index (χ4n) is 0.851. The Labute approximate surface area is 82.1 Å². The van der Waals surface area contributed by atoms with Crippen molar-refractivity contribution < 1.29 is 14.7 Å². The molecule has 0 spiro atoms. The van der Waals surface area contributed by atoms with Crippen molar-refractivity contribution in [2.75, 3.05) is 7.05 Å². The van der Waals surface area contributed by atoms with Crippen molar-refractivity contribution in [3.05, 3.63) is 0 Å². The number of rotatable bonds is 5. The highest BCUT2D eigenvalue weighted by atomic mass is 32.2. The number of thioether (sulfide) groups is 1. The van der Waals surface area contributed by atoms with Gasteiger partial charge in [-0.3, -0.25) is 9.59 Å². The maximum absolute atomic E-state index is 11.2. The fourth-order valence-corrected chi connectivity index (χ4v) is 1.99. The Bertz CT molecular complexity index is 194. The lowest BCUT2D eigenvalue weighted by Gasteiger charge is -2.14. The number of hydrogen-bond acceptors (Lipinski definition) is 3. The third-order valence-corrected chi connectivity index (χ3v) is 2.59. The van der Waals surface area contributed by atoms with E-state index in [0.717, 1.165) is 0 Å². The van der Waals surface area contributed by atoms with Crippen molar-refractivity contribution in [3.63, 3.8) is 0 Å². The monoisotopic (exact) mass is 205 g/mol. The molecule has 1 amide bonds. The van der Waals surface area contributed by atoms with Crippen LogP contribution in [0, 0.1) is 0 Å². The number of aliphatic carboxylic acids is 1. The van der Waals surface area contributed by atoms with Crippen LogP contribution in [-0.2, 0) is 9.59 Å². The molecule has 0 saturated heterocycles. The molecule has 0 aliphatic heterocycles. The van der Waals surface area contributed by atoms with Crippen LogP contribution in [0.4, 0.5) is 0 Å². The maximum atomic E-state index is 11.2. The van der Waals surface area contributed by atoms with Gasteiger partial charge in [0.05, 0.1) is 11.7 Å². The zero-order valence-corrected chi connectivity index (χ0v) is 8.85. The van der Waals surface area contributed by atoms with Crippen LogP contribution in [0.5, 0.6) is 0 Å². The summed E-state index contributed by atoms with van der Waals surface area (Å²) in [5.41, 5.74) is 0. The summed E-state index contributed by atoms with van der Waals surface area (Å²) < 4.78 is 0. The standard InChI is InChI=1S/C8H15NO3S/c1-5(2)13-6(4-7(10)11)8(12)9-3/h5-6H,4H2,1-3H3,(H,9,12)(H,10,11). The van der Waals surface area contributed by atoms with Gasteiger partial charge in [0.2, 0.25) is 5.91 Å². The summed E-state index contributed by atoms with van der Waals surface area (Å²) in [5, 5.41) is 10.8. The van der Waals surface area contributed by atoms with E-state index in [-0.39, 0.29) is 17.6 Å². The molecule has 0 aromatic carbocycles. The minimum absolute atomic E-state index is 0.123. The lowest BCUT2D eigenvalue weighted by Crippen LogP contribution is -2.32. The van der Waals surface area contributed by atoms with E-state index in [1.54, 1.807) is 0 Å². The molecular weight excluding hydrogens is 190 g/mol. The van der Waals surface area contributed by atoms with E-state index in [1.807, 2.05) is 13.8 Å². The van der Waals surface area contributed by atoms with E-state index in [9.17, 15) is 9.59 Å². The molecule has 1 unspecified atom stereocenters. The molecule has 13 heavy (non-hydrogen) atoms. The highest BCUT2D eigenvalue weighted by Crippen LogP contribution is 2.20. The Balaban J connectivity index is 4.18. The van der Waals surface area contributed by atoms with Gasteiger partial charge in [0.25, 0.3) is 0 Å². The summed E-state index contributed by atoms with van der Waals surface area (Å²) >= 11 is 1.37. The minimum Gasteiger partial charge on any atom is -0.481 e. The van der Waals surface area contributed by atoms with Crippen LogP contribution in [-0.4, -0.2) is 34.5 Å². The fraction of sp³-hybridized carbons (Fsp3) is 0.750. The topological polar surface area (TPSA) is 66.4 Å². The molecule has 0 aromatic rings. The van der Waals surface area contributed by atoms with E-state index >= 15 is 0 Å². The van der Waals surface area contributed by atoms with Gasteiger partial charge >= 0.3 is 5.97 Å². The van der Waals surface area contributed by atoms with E-state index in [2.05, 4.69) is 5.32 Å². The molecule has 0 aliphatic carbocycles. The van der Waals surface area contributed by atoms with Gasteiger partial charge in [0.15, 0.2) is 0 Å². The van der Waals surface area contributed by atoms with Gasteiger partial charge in [-0.15, -0.1) is 11.8 Å². The predicted molar refractivity (Wildman–Crippen MR) is 52.8 cm³/mol. The first-order chi connectivity index (χ1) is 5.97. The first kappa shape index (κ1) is 12.3. The number of carboxylic acids is 1. The van der Waals surface area contributed by atoms with Gasteiger partial charge in [-0.1, -0.05) is 13.8 Å². The molecule has 2 N–H and O–H groups in total. The predicted octanol–water partition coefficient (Wildman–Crippen LogP) is 0.717. The molecule has 0 aromatic heterocycles. The number of carbonyl (C=O) groups is 2. The van der Waals surface area contributed by atoms with Crippen LogP contribution >= 0.6 is 11.8 Å². The van der Waals surface area contributed by atoms with E-state index in [0.29, 0.717) is 0 Å². The van der Waals surface area contributed by atoms with Crippen LogP contribution in [0.1, 0.15) is 20.3 Å². The second kappa shape index (κ2) is 5.85. The quantitative estimate of drug-likeness (QED) is 0.694. The van der Waals surface area contributed by atoms with Crippen LogP contribution < -0.4 is 5.32 Å². The molecule has 0 saturated carbocycles. The highest BCUT2D eigenvalue weighted by molar-refractivity contribution is 8.01. The third kappa shape index (κ3) is 5.52. The van der Waals surface area contributed by atoms with E-state index in [1.165, 1.54) is 18.8 Å². The largest absolute Gasteiger partial charge is 0.481 e. The van der Waals surface area contributed by atoms with Crippen molar-refractivity contribution >= 4 is 23.6 Å². The van der Waals surface area contributed by atoms with Gasteiger partial charge < -0.3 is 10.4 Å². The maximum Gasteiger partial charge on any atom is 0.305 e. The average molecular weight is 205 g/mol. The summed E-state index contributed by atoms with van der Waals surface area (Å²) in [6.07, 6.45) is -0.123. The first-order valence-electron chi connectivity index (χ1n) is 4.06. The molecule has 4 nitrogen and oxygen atoms in total. The normalized spacial score (nSPS) is 12.6. The van der Waals surface area contributed by atoms with Crippen LogP contribution in [0.25, 0.3) is 0 Å². The second-order valence-electron chi connectivity index (χ2n) is 2.89. The Hall–Kier alpha value is -0.710. The Morgan fingerprint density at radius 2 is 2.00 bits per heavy atom. The minimum atomic E-state index is -0.943. The van der Waals surface area contributed by atoms with E-state index < -0.39 is 11.2 Å². The molecule has 0 aliphatic rings. The lowest BCUT2D eigenvalue weighted by atomic mass is 10.3. The molecule has 0 bridgehead atoms. The average Bonchev–Trinajstić information content (AvgIpc) is 2.00. The van der Waals surface area contributed by atoms with Crippen molar-refractivity contribution in [1.29, 1.82) is 0 Å². The molecule has 5 heteroatoms. The number of hydrogen-bond donors (Lipinski definition) is 2. The summed E-state index contributed by atoms with van der Waals surface area (Å²) in [5.74, 6) is -1.16. The van der Waals surface area contributed by atoms with Crippen molar-refractivity contribution in [3.8, 4) is 0 Å². The Morgan fingerprint density at radius 3 is 2.31 bits per heavy atom. The second-order valence-corrected chi connectivity index (χ2v) is 4.67. The summed E-state index contributed by atoms with van der Waals surface area (Å²) in [6.45, 7) is 3.87. The summed E-state index contributed by atoms with van der Waals surface area (Å²) in [6, 6.07) is 0. The molecule has 0 rings (SSSR count). The smallest absolute Gasteiger partial charge is 0.305 e. The zero-order valence-electron chi connectivity index (χ0n) is 8.03. The Kier molecular flexibility index (Phi) is 5.53. The molecule has 0 heterocycles. The van der Waals surface area contributed by atoms with Crippen molar-refractivity contribution in [1.82, 2.24) is 5.32 Å². The molecule has 0 radical (unpaired) electrons. The lowest BCUT2D eigenvalue weighted by molar-refractivity contribution is -0.138. The van der Waals surface area contributed by atoms with Crippen molar-refractivity contribution in [2.45, 2.75) is 30.8 Å². The molecule has 1 atom stereocenters. The number of amides is 1. The van der Waals surface area contributed by atoms with Gasteiger partial charge in [-0.05, 0) is 5.25 Å². The van der Waals surface area contributed by atoms with E-state index in [4.69, 9.17) is 5.11 Å². The first-order valence-corrected chi connectivity index (χ1v) is 5.00. The molecule has 76 valence electrons. The number of carboxylic acid groups (broad SMARTS) is 1. The van der Waals surface area contributed by atoms with Crippen LogP contribution in [0.3, 0.4) is 0 Å². The van der Waals surface area contributed by atoms with Crippen LogP contribution in [0.2, 0.25) is 0 Å². The number of nitrogens with one attached hydrogen (secondary N) is 1. The molecule has 0 fully saturated rings.